The first kappa shape index (κ1) is 22.3. The maximum Gasteiger partial charge on any atom is 0.222 e. The molecular weight excluding hydrogens is 330 g/mol. The number of unbranched alkanes of at least 4 members (excludes halogenated alkanes) is 3. The number of aliphatic hydroxyl groups is 4. The average Bonchev–Trinajstić information content (AvgIpc) is 2.59. The van der Waals surface area contributed by atoms with E-state index in [0.29, 0.717) is 6.42 Å². The number of hydrogen-bond acceptors (Lipinski definition) is 7. The molecule has 1 rings (SSSR count). The van der Waals surface area contributed by atoms with Crippen LogP contribution in [-0.2, 0) is 14.3 Å². The second kappa shape index (κ2) is 12.6. The molecule has 0 spiro atoms. The maximum atomic E-state index is 12.2. The summed E-state index contributed by atoms with van der Waals surface area (Å²) in [6.07, 6.45) is 0.895. The number of amides is 1. The monoisotopic (exact) mass is 363 g/mol. The van der Waals surface area contributed by atoms with E-state index in [0.717, 1.165) is 25.7 Å². The maximum absolute atomic E-state index is 12.2. The van der Waals surface area contributed by atoms with Gasteiger partial charge in [-0.25, -0.2) is 0 Å². The molecule has 0 aromatic heterocycles. The van der Waals surface area contributed by atoms with Crippen LogP contribution < -0.4 is 0 Å². The lowest BCUT2D eigenvalue weighted by Crippen LogP contribution is -2.50. The Hall–Kier alpha value is -0.770. The number of rotatable bonds is 12. The molecule has 4 N–H and O–H groups in total. The third-order valence-electron chi connectivity index (χ3n) is 4.33. The van der Waals surface area contributed by atoms with Crippen molar-refractivity contribution in [2.75, 3.05) is 32.9 Å². The van der Waals surface area contributed by atoms with Crippen molar-refractivity contribution in [3.8, 4) is 0 Å². The van der Waals surface area contributed by atoms with E-state index in [1.807, 2.05) is 0 Å². The van der Waals surface area contributed by atoms with Crippen LogP contribution in [0.1, 0.15) is 45.4 Å². The highest BCUT2D eigenvalue weighted by atomic mass is 16.7. The van der Waals surface area contributed by atoms with Gasteiger partial charge in [-0.05, 0) is 6.42 Å². The molecule has 1 fully saturated rings. The Labute approximate surface area is 149 Å². The predicted octanol–water partition coefficient (Wildman–Crippen LogP) is -0.377. The van der Waals surface area contributed by atoms with Crippen molar-refractivity contribution in [1.29, 1.82) is 0 Å². The van der Waals surface area contributed by atoms with Crippen molar-refractivity contribution >= 4 is 5.91 Å². The number of hydrogen-bond donors (Lipinski definition) is 4. The summed E-state index contributed by atoms with van der Waals surface area (Å²) in [6.45, 7) is 2.28. The van der Waals surface area contributed by atoms with E-state index in [4.69, 9.17) is 19.7 Å². The Morgan fingerprint density at radius 2 is 1.92 bits per heavy atom. The zero-order chi connectivity index (χ0) is 18.7. The number of carbonyl (C=O) groups excluding carboxylic acids is 1. The highest BCUT2D eigenvalue weighted by molar-refractivity contribution is 5.76. The molecule has 148 valence electrons. The fraction of sp³-hybridized carbons (Fsp3) is 0.941. The van der Waals surface area contributed by atoms with Crippen LogP contribution in [0, 0.1) is 0 Å². The van der Waals surface area contributed by atoms with Gasteiger partial charge < -0.3 is 34.8 Å². The smallest absolute Gasteiger partial charge is 0.222 e. The van der Waals surface area contributed by atoms with E-state index in [-0.39, 0.29) is 45.2 Å². The number of ether oxygens (including phenoxy) is 2. The van der Waals surface area contributed by atoms with Crippen LogP contribution in [0.2, 0.25) is 0 Å². The first-order chi connectivity index (χ1) is 12.0. The Kier molecular flexibility index (Phi) is 11.2. The van der Waals surface area contributed by atoms with E-state index < -0.39 is 24.6 Å². The lowest BCUT2D eigenvalue weighted by molar-refractivity contribution is -0.270. The van der Waals surface area contributed by atoms with E-state index in [1.54, 1.807) is 4.90 Å². The largest absolute Gasteiger partial charge is 0.395 e. The van der Waals surface area contributed by atoms with Crippen LogP contribution >= 0.6 is 0 Å². The van der Waals surface area contributed by atoms with Crippen molar-refractivity contribution in [1.82, 2.24) is 4.90 Å². The average molecular weight is 363 g/mol. The fourth-order valence-corrected chi connectivity index (χ4v) is 2.80. The first-order valence-electron chi connectivity index (χ1n) is 9.16. The second-order valence-corrected chi connectivity index (χ2v) is 6.38. The van der Waals surface area contributed by atoms with Gasteiger partial charge in [0.15, 0.2) is 6.29 Å². The van der Waals surface area contributed by atoms with Crippen LogP contribution in [-0.4, -0.2) is 88.7 Å². The summed E-state index contributed by atoms with van der Waals surface area (Å²) >= 11 is 0. The number of aliphatic hydroxyl groups excluding tert-OH is 4. The molecule has 1 aliphatic rings. The van der Waals surface area contributed by atoms with Crippen LogP contribution in [0.4, 0.5) is 0 Å². The molecule has 1 amide bonds. The summed E-state index contributed by atoms with van der Waals surface area (Å²) in [7, 11) is 0. The molecule has 4 atom stereocenters. The van der Waals surface area contributed by atoms with E-state index in [1.165, 1.54) is 0 Å². The van der Waals surface area contributed by atoms with Gasteiger partial charge in [0.05, 0.1) is 25.9 Å². The Morgan fingerprint density at radius 3 is 2.56 bits per heavy atom. The molecule has 8 heteroatoms. The summed E-state index contributed by atoms with van der Waals surface area (Å²) in [5.74, 6) is -0.0254. The van der Waals surface area contributed by atoms with Crippen LogP contribution in [0.25, 0.3) is 0 Å². The molecule has 25 heavy (non-hydrogen) atoms. The molecule has 8 nitrogen and oxygen atoms in total. The minimum atomic E-state index is -0.992. The van der Waals surface area contributed by atoms with Crippen molar-refractivity contribution < 1.29 is 34.7 Å². The second-order valence-electron chi connectivity index (χ2n) is 6.38. The lowest BCUT2D eigenvalue weighted by atomic mass is 10.0. The van der Waals surface area contributed by atoms with E-state index >= 15 is 0 Å². The molecule has 0 saturated carbocycles. The van der Waals surface area contributed by atoms with Crippen molar-refractivity contribution in [3.63, 3.8) is 0 Å². The summed E-state index contributed by atoms with van der Waals surface area (Å²) in [4.78, 5) is 13.7. The number of carbonyl (C=O) groups is 1. The fourth-order valence-electron chi connectivity index (χ4n) is 2.80. The predicted molar refractivity (Wildman–Crippen MR) is 90.8 cm³/mol. The molecule has 1 saturated heterocycles. The normalized spacial score (nSPS) is 26.6. The Morgan fingerprint density at radius 1 is 1.16 bits per heavy atom. The van der Waals surface area contributed by atoms with Gasteiger partial charge >= 0.3 is 0 Å². The Balaban J connectivity index is 2.37. The van der Waals surface area contributed by atoms with Gasteiger partial charge in [-0.15, -0.1) is 0 Å². The molecule has 0 aromatic rings. The minimum absolute atomic E-state index is 0.0254. The summed E-state index contributed by atoms with van der Waals surface area (Å²) in [5, 5.41) is 37.8. The molecule has 2 unspecified atom stereocenters. The van der Waals surface area contributed by atoms with Gasteiger partial charge in [0.1, 0.15) is 12.2 Å². The standard InChI is InChI=1S/C17H33NO7/c1-2-3-4-5-6-16(23)18(7-9-19)8-10-24-17-14(22)11-13(21)15(12-20)25-17/h13-15,17,19-22H,2-12H2,1H3/t13-,14?,15?,17-/m0/s1. The van der Waals surface area contributed by atoms with Gasteiger partial charge in [0.25, 0.3) is 0 Å². The van der Waals surface area contributed by atoms with E-state index in [2.05, 4.69) is 6.92 Å². The molecule has 0 radical (unpaired) electrons. The summed E-state index contributed by atoms with van der Waals surface area (Å²) in [6, 6.07) is 0. The molecule has 1 aliphatic heterocycles. The summed E-state index contributed by atoms with van der Waals surface area (Å²) in [5.41, 5.74) is 0. The summed E-state index contributed by atoms with van der Waals surface area (Å²) < 4.78 is 10.8. The topological polar surface area (TPSA) is 120 Å². The molecular formula is C17H33NO7. The van der Waals surface area contributed by atoms with Gasteiger partial charge in [-0.3, -0.25) is 4.79 Å². The quantitative estimate of drug-likeness (QED) is 0.349. The van der Waals surface area contributed by atoms with Gasteiger partial charge in [0, 0.05) is 25.9 Å². The molecule has 0 aliphatic carbocycles. The number of nitrogens with zero attached hydrogens (tertiary/aromatic N) is 1. The Bertz CT molecular complexity index is 369. The van der Waals surface area contributed by atoms with Gasteiger partial charge in [0.2, 0.25) is 5.91 Å². The minimum Gasteiger partial charge on any atom is -0.395 e. The van der Waals surface area contributed by atoms with Crippen LogP contribution in [0.3, 0.4) is 0 Å². The third kappa shape index (κ3) is 7.98. The lowest BCUT2D eigenvalue weighted by Gasteiger charge is -2.36. The highest BCUT2D eigenvalue weighted by Crippen LogP contribution is 2.21. The van der Waals surface area contributed by atoms with Gasteiger partial charge in [-0.2, -0.15) is 0 Å². The van der Waals surface area contributed by atoms with Crippen LogP contribution in [0.15, 0.2) is 0 Å². The SMILES string of the molecule is CCCCCCC(=O)N(CCO)CCO[C@H]1OC(CO)[C@@H](O)CC1O. The van der Waals surface area contributed by atoms with Crippen LogP contribution in [0.5, 0.6) is 0 Å². The third-order valence-corrected chi connectivity index (χ3v) is 4.33. The zero-order valence-corrected chi connectivity index (χ0v) is 15.0. The molecule has 0 aromatic carbocycles. The van der Waals surface area contributed by atoms with Gasteiger partial charge in [-0.1, -0.05) is 26.2 Å². The van der Waals surface area contributed by atoms with Crippen molar-refractivity contribution in [2.45, 2.75) is 70.1 Å². The van der Waals surface area contributed by atoms with Crippen molar-refractivity contribution in [3.05, 3.63) is 0 Å². The molecule has 1 heterocycles. The zero-order valence-electron chi connectivity index (χ0n) is 15.0. The molecule has 0 bridgehead atoms. The first-order valence-corrected chi connectivity index (χ1v) is 9.16. The van der Waals surface area contributed by atoms with E-state index in [9.17, 15) is 15.0 Å². The van der Waals surface area contributed by atoms with Crippen molar-refractivity contribution in [2.24, 2.45) is 0 Å². The highest BCUT2D eigenvalue weighted by Gasteiger charge is 2.36.